The van der Waals surface area contributed by atoms with Crippen molar-refractivity contribution in [1.82, 2.24) is 19.4 Å². The molecule has 1 aliphatic heterocycles. The van der Waals surface area contributed by atoms with Crippen LogP contribution < -0.4 is 5.73 Å². The van der Waals surface area contributed by atoms with E-state index in [0.717, 1.165) is 18.7 Å². The minimum Gasteiger partial charge on any atom is -0.340 e. The summed E-state index contributed by atoms with van der Waals surface area (Å²) in [6.07, 6.45) is 4.72. The van der Waals surface area contributed by atoms with Gasteiger partial charge in [-0.3, -0.25) is 0 Å². The van der Waals surface area contributed by atoms with E-state index in [4.69, 9.17) is 5.73 Å². The van der Waals surface area contributed by atoms with Crippen molar-refractivity contribution in [2.45, 2.75) is 25.3 Å². The topological polar surface area (TPSA) is 67.4 Å². The van der Waals surface area contributed by atoms with Gasteiger partial charge in [0.15, 0.2) is 0 Å². The third kappa shape index (κ3) is 2.89. The van der Waals surface area contributed by atoms with Gasteiger partial charge in [0.2, 0.25) is 0 Å². The molecule has 2 N–H and O–H groups in total. The molecule has 1 saturated heterocycles. The first kappa shape index (κ1) is 13.9. The van der Waals surface area contributed by atoms with Crippen molar-refractivity contribution in [3.05, 3.63) is 18.2 Å². The number of nitrogens with zero attached hydrogens (tertiary/aromatic N) is 4. The van der Waals surface area contributed by atoms with E-state index in [-0.39, 0.29) is 18.0 Å². The molecule has 2 heterocycles. The predicted molar refractivity (Wildman–Crippen MR) is 73.8 cm³/mol. The largest absolute Gasteiger partial charge is 0.340 e. The Bertz CT molecular complexity index is 444. The van der Waals surface area contributed by atoms with Gasteiger partial charge in [-0.25, -0.2) is 9.78 Å². The number of aromatic nitrogens is 2. The molecule has 0 saturated carbocycles. The highest BCUT2D eigenvalue weighted by molar-refractivity contribution is 5.74. The number of imidazole rings is 1. The van der Waals surface area contributed by atoms with Crippen LogP contribution in [0.1, 0.15) is 25.0 Å². The standard InChI is InChI=1S/C13H23N5O/c1-4-5-17(3)13(19)18-6-10(11(14)7-18)12-8-16(2)9-15-12/h8-11H,4-7,14H2,1-3H3/t10-,11-/m1/s1. The zero-order chi connectivity index (χ0) is 14.0. The second kappa shape index (κ2) is 5.61. The van der Waals surface area contributed by atoms with E-state index in [0.29, 0.717) is 13.1 Å². The van der Waals surface area contributed by atoms with Crippen molar-refractivity contribution in [3.63, 3.8) is 0 Å². The number of hydrogen-bond acceptors (Lipinski definition) is 3. The Balaban J connectivity index is 2.03. The minimum atomic E-state index is -0.0334. The van der Waals surface area contributed by atoms with Crippen molar-refractivity contribution in [2.75, 3.05) is 26.7 Å². The number of aryl methyl sites for hydroxylation is 1. The van der Waals surface area contributed by atoms with E-state index < -0.39 is 0 Å². The molecule has 0 radical (unpaired) electrons. The van der Waals surface area contributed by atoms with Crippen molar-refractivity contribution < 1.29 is 4.79 Å². The first-order valence-electron chi connectivity index (χ1n) is 6.76. The maximum Gasteiger partial charge on any atom is 0.319 e. The molecule has 0 bridgehead atoms. The molecule has 106 valence electrons. The summed E-state index contributed by atoms with van der Waals surface area (Å²) < 4.78 is 1.91. The normalized spacial score (nSPS) is 22.8. The Morgan fingerprint density at radius 2 is 2.32 bits per heavy atom. The zero-order valence-corrected chi connectivity index (χ0v) is 11.9. The Kier molecular flexibility index (Phi) is 4.09. The summed E-state index contributed by atoms with van der Waals surface area (Å²) in [5.41, 5.74) is 7.14. The van der Waals surface area contributed by atoms with E-state index in [1.165, 1.54) is 0 Å². The van der Waals surface area contributed by atoms with E-state index >= 15 is 0 Å². The van der Waals surface area contributed by atoms with Gasteiger partial charge >= 0.3 is 6.03 Å². The number of likely N-dealkylation sites (tertiary alicyclic amines) is 1. The summed E-state index contributed by atoms with van der Waals surface area (Å²) in [4.78, 5) is 20.2. The number of amides is 2. The second-order valence-electron chi connectivity index (χ2n) is 5.34. The molecule has 1 aromatic heterocycles. The van der Waals surface area contributed by atoms with Crippen LogP contribution >= 0.6 is 0 Å². The minimum absolute atomic E-state index is 0.0334. The summed E-state index contributed by atoms with van der Waals surface area (Å²) in [5, 5.41) is 0. The fourth-order valence-corrected chi connectivity index (χ4v) is 2.60. The Morgan fingerprint density at radius 1 is 1.58 bits per heavy atom. The maximum absolute atomic E-state index is 12.2. The molecule has 0 unspecified atom stereocenters. The fourth-order valence-electron chi connectivity index (χ4n) is 2.60. The Hall–Kier alpha value is -1.56. The van der Waals surface area contributed by atoms with Crippen LogP contribution in [0.25, 0.3) is 0 Å². The van der Waals surface area contributed by atoms with Gasteiger partial charge in [-0.05, 0) is 6.42 Å². The lowest BCUT2D eigenvalue weighted by Gasteiger charge is -2.24. The SMILES string of the molecule is CCCN(C)C(=O)N1C[C@@H](N)[C@H](c2cn(C)cn2)C1. The number of nitrogens with two attached hydrogens (primary N) is 1. The van der Waals surface area contributed by atoms with Crippen LogP contribution in [0.3, 0.4) is 0 Å². The van der Waals surface area contributed by atoms with Crippen LogP contribution in [-0.4, -0.2) is 58.1 Å². The molecule has 19 heavy (non-hydrogen) atoms. The van der Waals surface area contributed by atoms with Gasteiger partial charge in [0, 0.05) is 51.9 Å². The maximum atomic E-state index is 12.2. The van der Waals surface area contributed by atoms with Crippen LogP contribution in [0.15, 0.2) is 12.5 Å². The molecule has 0 aliphatic carbocycles. The first-order valence-corrected chi connectivity index (χ1v) is 6.76. The van der Waals surface area contributed by atoms with Crippen molar-refractivity contribution in [2.24, 2.45) is 12.8 Å². The molecule has 1 fully saturated rings. The molecule has 2 rings (SSSR count). The summed E-state index contributed by atoms with van der Waals surface area (Å²) >= 11 is 0. The van der Waals surface area contributed by atoms with Gasteiger partial charge in [-0.1, -0.05) is 6.92 Å². The lowest BCUT2D eigenvalue weighted by molar-refractivity contribution is 0.172. The van der Waals surface area contributed by atoms with Crippen LogP contribution in [-0.2, 0) is 7.05 Å². The molecule has 1 aliphatic rings. The quantitative estimate of drug-likeness (QED) is 0.870. The van der Waals surface area contributed by atoms with E-state index in [9.17, 15) is 4.79 Å². The third-order valence-electron chi connectivity index (χ3n) is 3.63. The molecular formula is C13H23N5O. The molecule has 6 nitrogen and oxygen atoms in total. The van der Waals surface area contributed by atoms with Gasteiger partial charge in [-0.2, -0.15) is 0 Å². The van der Waals surface area contributed by atoms with E-state index in [2.05, 4.69) is 11.9 Å². The average molecular weight is 265 g/mol. The lowest BCUT2D eigenvalue weighted by Crippen LogP contribution is -2.41. The van der Waals surface area contributed by atoms with Crippen LogP contribution in [0, 0.1) is 0 Å². The second-order valence-corrected chi connectivity index (χ2v) is 5.34. The number of rotatable bonds is 3. The lowest BCUT2D eigenvalue weighted by atomic mass is 10.0. The summed E-state index contributed by atoms with van der Waals surface area (Å²) in [7, 11) is 3.78. The summed E-state index contributed by atoms with van der Waals surface area (Å²) in [5.74, 6) is 0.139. The van der Waals surface area contributed by atoms with Crippen LogP contribution in [0.4, 0.5) is 4.79 Å². The van der Waals surface area contributed by atoms with Crippen LogP contribution in [0.2, 0.25) is 0 Å². The fraction of sp³-hybridized carbons (Fsp3) is 0.692. The number of carbonyl (C=O) groups excluding carboxylic acids is 1. The highest BCUT2D eigenvalue weighted by Gasteiger charge is 2.36. The van der Waals surface area contributed by atoms with Gasteiger partial charge in [0.25, 0.3) is 0 Å². The van der Waals surface area contributed by atoms with Crippen molar-refractivity contribution >= 4 is 6.03 Å². The van der Waals surface area contributed by atoms with E-state index in [1.807, 2.05) is 29.8 Å². The van der Waals surface area contributed by atoms with Crippen molar-refractivity contribution in [3.8, 4) is 0 Å². The molecule has 0 spiro atoms. The Labute approximate surface area is 114 Å². The molecule has 1 aromatic rings. The zero-order valence-electron chi connectivity index (χ0n) is 11.9. The molecule has 2 atom stereocenters. The highest BCUT2D eigenvalue weighted by atomic mass is 16.2. The predicted octanol–water partition coefficient (Wildman–Crippen LogP) is 0.608. The van der Waals surface area contributed by atoms with Crippen molar-refractivity contribution in [1.29, 1.82) is 0 Å². The number of hydrogen-bond donors (Lipinski definition) is 1. The monoisotopic (exact) mass is 265 g/mol. The third-order valence-corrected chi connectivity index (χ3v) is 3.63. The van der Waals surface area contributed by atoms with E-state index in [1.54, 1.807) is 11.2 Å². The van der Waals surface area contributed by atoms with Crippen LogP contribution in [0.5, 0.6) is 0 Å². The molecular weight excluding hydrogens is 242 g/mol. The molecule has 6 heteroatoms. The number of urea groups is 1. The average Bonchev–Trinajstić information content (AvgIpc) is 2.94. The highest BCUT2D eigenvalue weighted by Crippen LogP contribution is 2.25. The summed E-state index contributed by atoms with van der Waals surface area (Å²) in [6.45, 7) is 4.11. The van der Waals surface area contributed by atoms with Gasteiger partial charge in [0.1, 0.15) is 0 Å². The Morgan fingerprint density at radius 3 is 2.89 bits per heavy atom. The smallest absolute Gasteiger partial charge is 0.319 e. The molecule has 2 amide bonds. The first-order chi connectivity index (χ1) is 9.02. The molecule has 0 aromatic carbocycles. The van der Waals surface area contributed by atoms with Gasteiger partial charge in [-0.15, -0.1) is 0 Å². The number of carbonyl (C=O) groups is 1. The summed E-state index contributed by atoms with van der Waals surface area (Å²) in [6, 6.07) is 0.0320. The van der Waals surface area contributed by atoms with Gasteiger partial charge < -0.3 is 20.1 Å². The van der Waals surface area contributed by atoms with Gasteiger partial charge in [0.05, 0.1) is 12.0 Å².